The lowest BCUT2D eigenvalue weighted by Crippen LogP contribution is -2.41. The van der Waals surface area contributed by atoms with E-state index in [-0.39, 0.29) is 17.7 Å². The van der Waals surface area contributed by atoms with Crippen molar-refractivity contribution < 1.29 is 9.59 Å². The summed E-state index contributed by atoms with van der Waals surface area (Å²) in [6.07, 6.45) is 1.77. The Balaban J connectivity index is 1.70. The minimum absolute atomic E-state index is 0.113. The lowest BCUT2D eigenvalue weighted by molar-refractivity contribution is -0.122. The van der Waals surface area contributed by atoms with Crippen molar-refractivity contribution in [2.45, 2.75) is 19.8 Å². The van der Waals surface area contributed by atoms with Gasteiger partial charge in [0.1, 0.15) is 0 Å². The number of nitrogens with two attached hydrogens (primary N) is 1. The number of nitrogens with zero attached hydrogens (tertiary/aromatic N) is 1. The van der Waals surface area contributed by atoms with Crippen LogP contribution in [0.15, 0.2) is 42.5 Å². The van der Waals surface area contributed by atoms with Crippen LogP contribution in [0.5, 0.6) is 0 Å². The smallest absolute Gasteiger partial charge is 0.255 e. The van der Waals surface area contributed by atoms with E-state index in [9.17, 15) is 9.59 Å². The summed E-state index contributed by atoms with van der Waals surface area (Å²) in [5.41, 5.74) is 8.65. The molecule has 0 aromatic heterocycles. The Morgan fingerprint density at radius 1 is 1.19 bits per heavy atom. The molecule has 3 rings (SSSR count). The Morgan fingerprint density at radius 3 is 2.62 bits per heavy atom. The molecule has 136 valence electrons. The summed E-state index contributed by atoms with van der Waals surface area (Å²) in [5, 5.41) is 3.47. The number of nitrogens with one attached hydrogen (secondary N) is 1. The van der Waals surface area contributed by atoms with Gasteiger partial charge in [0.2, 0.25) is 5.91 Å². The first kappa shape index (κ1) is 18.3. The fourth-order valence-corrected chi connectivity index (χ4v) is 3.36. The highest BCUT2D eigenvalue weighted by Gasteiger charge is 2.24. The number of aryl methyl sites for hydroxylation is 1. The molecule has 0 aliphatic carbocycles. The Morgan fingerprint density at radius 2 is 1.92 bits per heavy atom. The molecule has 0 bridgehead atoms. The maximum atomic E-state index is 12.5. The van der Waals surface area contributed by atoms with Gasteiger partial charge < -0.3 is 16.0 Å². The third-order valence-electron chi connectivity index (χ3n) is 4.77. The maximum Gasteiger partial charge on any atom is 0.255 e. The highest BCUT2D eigenvalue weighted by atomic mass is 35.5. The van der Waals surface area contributed by atoms with E-state index in [2.05, 4.69) is 10.2 Å². The van der Waals surface area contributed by atoms with Crippen molar-refractivity contribution in [2.75, 3.05) is 23.3 Å². The summed E-state index contributed by atoms with van der Waals surface area (Å²) >= 11 is 6.00. The van der Waals surface area contributed by atoms with Crippen LogP contribution in [-0.4, -0.2) is 24.9 Å². The average molecular weight is 372 g/mol. The molecule has 1 aliphatic heterocycles. The van der Waals surface area contributed by atoms with Gasteiger partial charge in [-0.05, 0) is 61.7 Å². The van der Waals surface area contributed by atoms with Crippen molar-refractivity contribution in [2.24, 2.45) is 11.7 Å². The van der Waals surface area contributed by atoms with Crippen LogP contribution in [0, 0.1) is 12.8 Å². The minimum Gasteiger partial charge on any atom is -0.371 e. The van der Waals surface area contributed by atoms with E-state index < -0.39 is 0 Å². The second-order valence-corrected chi connectivity index (χ2v) is 7.08. The molecule has 1 heterocycles. The number of anilines is 2. The van der Waals surface area contributed by atoms with E-state index in [1.807, 2.05) is 25.1 Å². The zero-order valence-electron chi connectivity index (χ0n) is 14.7. The first-order chi connectivity index (χ1) is 12.4. The minimum atomic E-state index is -0.248. The third-order valence-corrected chi connectivity index (χ3v) is 5.00. The van der Waals surface area contributed by atoms with Gasteiger partial charge in [-0.25, -0.2) is 0 Å². The first-order valence-corrected chi connectivity index (χ1v) is 9.03. The van der Waals surface area contributed by atoms with Gasteiger partial charge >= 0.3 is 0 Å². The molecule has 1 atom stereocenters. The molecule has 2 aromatic carbocycles. The van der Waals surface area contributed by atoms with Gasteiger partial charge in [0.15, 0.2) is 0 Å². The average Bonchev–Trinajstić information content (AvgIpc) is 2.65. The summed E-state index contributed by atoms with van der Waals surface area (Å²) in [6.45, 7) is 3.43. The van der Waals surface area contributed by atoms with Crippen LogP contribution in [0.4, 0.5) is 11.4 Å². The Hall–Kier alpha value is -2.53. The number of carbonyl (C=O) groups excluding carboxylic acids is 2. The van der Waals surface area contributed by atoms with Gasteiger partial charge in [-0.2, -0.15) is 0 Å². The molecule has 3 N–H and O–H groups in total. The van der Waals surface area contributed by atoms with E-state index in [1.165, 1.54) is 0 Å². The van der Waals surface area contributed by atoms with Crippen molar-refractivity contribution in [1.82, 2.24) is 0 Å². The molecule has 2 amide bonds. The molecule has 1 fully saturated rings. The molecular formula is C20H22ClN3O2. The van der Waals surface area contributed by atoms with Crippen molar-refractivity contribution in [3.05, 3.63) is 58.6 Å². The third kappa shape index (κ3) is 4.17. The fraction of sp³-hybridized carbons (Fsp3) is 0.300. The Bertz CT molecular complexity index is 820. The number of hydrogen-bond donors (Lipinski definition) is 2. The highest BCUT2D eigenvalue weighted by molar-refractivity contribution is 6.31. The zero-order valence-corrected chi connectivity index (χ0v) is 15.4. The van der Waals surface area contributed by atoms with Gasteiger partial charge in [-0.15, -0.1) is 0 Å². The molecule has 26 heavy (non-hydrogen) atoms. The number of halogens is 1. The predicted molar refractivity (Wildman–Crippen MR) is 105 cm³/mol. The van der Waals surface area contributed by atoms with E-state index in [4.69, 9.17) is 17.3 Å². The van der Waals surface area contributed by atoms with Crippen LogP contribution in [0.3, 0.4) is 0 Å². The number of benzene rings is 2. The van der Waals surface area contributed by atoms with Crippen LogP contribution in [0.25, 0.3) is 0 Å². The van der Waals surface area contributed by atoms with Crippen LogP contribution in [-0.2, 0) is 4.79 Å². The topological polar surface area (TPSA) is 75.4 Å². The number of primary amides is 1. The van der Waals surface area contributed by atoms with Gasteiger partial charge in [0.05, 0.1) is 5.92 Å². The van der Waals surface area contributed by atoms with Crippen molar-refractivity contribution in [1.29, 1.82) is 0 Å². The molecule has 0 spiro atoms. The summed E-state index contributed by atoms with van der Waals surface area (Å²) in [4.78, 5) is 26.1. The van der Waals surface area contributed by atoms with E-state index in [1.54, 1.807) is 24.3 Å². The quantitative estimate of drug-likeness (QED) is 0.862. The predicted octanol–water partition coefficient (Wildman–Crippen LogP) is 3.60. The zero-order chi connectivity index (χ0) is 18.7. The van der Waals surface area contributed by atoms with Crippen LogP contribution >= 0.6 is 11.6 Å². The summed E-state index contributed by atoms with van der Waals surface area (Å²) in [5.74, 6) is -0.546. The lowest BCUT2D eigenvalue weighted by atomic mass is 9.97. The SMILES string of the molecule is Cc1ccc(Cl)cc1NC(=O)c1ccc(N2CCC[C@H](C(N)=O)C2)cc1. The molecule has 6 heteroatoms. The normalized spacial score (nSPS) is 17.0. The Kier molecular flexibility index (Phi) is 5.47. The molecule has 0 saturated carbocycles. The van der Waals surface area contributed by atoms with Crippen LogP contribution in [0.1, 0.15) is 28.8 Å². The highest BCUT2D eigenvalue weighted by Crippen LogP contribution is 2.24. The number of rotatable bonds is 4. The maximum absolute atomic E-state index is 12.5. The van der Waals surface area contributed by atoms with Crippen molar-refractivity contribution >= 4 is 34.8 Å². The lowest BCUT2D eigenvalue weighted by Gasteiger charge is -2.33. The first-order valence-electron chi connectivity index (χ1n) is 8.66. The monoisotopic (exact) mass is 371 g/mol. The molecule has 0 unspecified atom stereocenters. The molecule has 1 aliphatic rings. The largest absolute Gasteiger partial charge is 0.371 e. The molecule has 5 nitrogen and oxygen atoms in total. The number of piperidine rings is 1. The second kappa shape index (κ2) is 7.79. The molecular weight excluding hydrogens is 350 g/mol. The summed E-state index contributed by atoms with van der Waals surface area (Å²) in [7, 11) is 0. The second-order valence-electron chi connectivity index (χ2n) is 6.65. The van der Waals surface area contributed by atoms with Crippen LogP contribution < -0.4 is 16.0 Å². The summed E-state index contributed by atoms with van der Waals surface area (Å²) < 4.78 is 0. The van der Waals surface area contributed by atoms with Gasteiger partial charge in [0.25, 0.3) is 5.91 Å². The number of hydrogen-bond acceptors (Lipinski definition) is 3. The van der Waals surface area contributed by atoms with E-state index in [0.717, 1.165) is 30.6 Å². The molecule has 1 saturated heterocycles. The fourth-order valence-electron chi connectivity index (χ4n) is 3.19. The van der Waals surface area contributed by atoms with Gasteiger partial charge in [-0.3, -0.25) is 9.59 Å². The number of carbonyl (C=O) groups is 2. The standard InChI is InChI=1S/C20H22ClN3O2/c1-13-4-7-16(21)11-18(13)23-20(26)14-5-8-17(9-6-14)24-10-2-3-15(12-24)19(22)25/h4-9,11,15H,2-3,10,12H2,1H3,(H2,22,25)(H,23,26)/t15-/m0/s1. The summed E-state index contributed by atoms with van der Waals surface area (Å²) in [6, 6.07) is 12.8. The van der Waals surface area contributed by atoms with Crippen molar-refractivity contribution in [3.63, 3.8) is 0 Å². The van der Waals surface area contributed by atoms with Gasteiger partial charge in [-0.1, -0.05) is 17.7 Å². The Labute approximate surface area is 158 Å². The van der Waals surface area contributed by atoms with E-state index >= 15 is 0 Å². The van der Waals surface area contributed by atoms with E-state index in [0.29, 0.717) is 22.8 Å². The van der Waals surface area contributed by atoms with Crippen molar-refractivity contribution in [3.8, 4) is 0 Å². The van der Waals surface area contributed by atoms with Crippen LogP contribution in [0.2, 0.25) is 5.02 Å². The number of amides is 2. The molecule has 2 aromatic rings. The van der Waals surface area contributed by atoms with Gasteiger partial charge in [0, 0.05) is 35.1 Å². The molecule has 0 radical (unpaired) electrons.